The molecule has 1 heteroatoms. The van der Waals surface area contributed by atoms with Gasteiger partial charge in [0.1, 0.15) is 13.2 Å². The van der Waals surface area contributed by atoms with Crippen LogP contribution in [0.1, 0.15) is 13.3 Å². The van der Waals surface area contributed by atoms with E-state index < -0.39 is 0 Å². The number of ether oxygens (including phenoxy) is 1. The molecule has 1 N–H and O–H groups in total. The van der Waals surface area contributed by atoms with Crippen molar-refractivity contribution in [2.45, 2.75) is 13.3 Å². The van der Waals surface area contributed by atoms with Crippen molar-refractivity contribution in [3.8, 4) is 0 Å². The summed E-state index contributed by atoms with van der Waals surface area (Å²) >= 11 is 0. The van der Waals surface area contributed by atoms with Crippen molar-refractivity contribution in [2.24, 2.45) is 17.8 Å². The van der Waals surface area contributed by atoms with Crippen molar-refractivity contribution in [3.05, 3.63) is 0 Å². The van der Waals surface area contributed by atoms with Gasteiger partial charge in [0.2, 0.25) is 0 Å². The molecule has 2 rings (SSSR count). The second kappa shape index (κ2) is 1.47. The van der Waals surface area contributed by atoms with Crippen LogP contribution in [0.25, 0.3) is 0 Å². The Morgan fingerprint density at radius 2 is 2.25 bits per heavy atom. The van der Waals surface area contributed by atoms with Crippen molar-refractivity contribution in [2.75, 3.05) is 13.2 Å². The van der Waals surface area contributed by atoms with E-state index >= 15 is 0 Å². The van der Waals surface area contributed by atoms with E-state index in [1.807, 2.05) is 0 Å². The Morgan fingerprint density at radius 3 is 2.88 bits per heavy atom. The minimum atomic E-state index is 0.911. The minimum Gasteiger partial charge on any atom is -0.433 e. The first-order chi connectivity index (χ1) is 3.88. The maximum absolute atomic E-state index is 4.38. The van der Waals surface area contributed by atoms with Gasteiger partial charge in [0.25, 0.3) is 0 Å². The molecule has 1 saturated heterocycles. The van der Waals surface area contributed by atoms with Gasteiger partial charge in [-0.15, -0.1) is 0 Å². The largest absolute Gasteiger partial charge is 0.433 e. The summed E-state index contributed by atoms with van der Waals surface area (Å²) in [6, 6.07) is 0. The number of rotatable bonds is 0. The van der Waals surface area contributed by atoms with Gasteiger partial charge in [-0.25, -0.2) is 0 Å². The van der Waals surface area contributed by atoms with Gasteiger partial charge in [0.05, 0.1) is 0 Å². The number of aliphatic hydroxyl groups is 2. The van der Waals surface area contributed by atoms with Crippen LogP contribution in [0.2, 0.25) is 0 Å². The highest BCUT2D eigenvalue weighted by Gasteiger charge is 2.47. The first-order valence-electron chi connectivity index (χ1n) is 3.51. The molecule has 46 valence electrons. The SMILES string of the molecule is CC1C[OH+]CC2CC12. The zero-order valence-corrected chi connectivity index (χ0v) is 5.30. The Bertz CT molecular complexity index is 101. The van der Waals surface area contributed by atoms with E-state index in [4.69, 9.17) is 0 Å². The third-order valence-electron chi connectivity index (χ3n) is 2.49. The lowest BCUT2D eigenvalue weighted by Gasteiger charge is -2.12. The molecule has 0 spiro atoms. The van der Waals surface area contributed by atoms with Crippen LogP contribution in [0.15, 0.2) is 0 Å². The van der Waals surface area contributed by atoms with E-state index in [1.165, 1.54) is 13.0 Å². The molecule has 2 aliphatic rings. The fourth-order valence-electron chi connectivity index (χ4n) is 1.76. The molecule has 0 aromatic rings. The molecule has 1 aliphatic heterocycles. The highest BCUT2D eigenvalue weighted by atomic mass is 16.5. The summed E-state index contributed by atoms with van der Waals surface area (Å²) in [7, 11) is 0. The summed E-state index contributed by atoms with van der Waals surface area (Å²) in [6.45, 7) is 4.64. The Kier molecular flexibility index (Phi) is 0.884. The second-order valence-electron chi connectivity index (χ2n) is 3.23. The first-order valence-corrected chi connectivity index (χ1v) is 3.51. The lowest BCUT2D eigenvalue weighted by Crippen LogP contribution is -2.20. The fourth-order valence-corrected chi connectivity index (χ4v) is 1.76. The highest BCUT2D eigenvalue weighted by molar-refractivity contribution is 4.91. The van der Waals surface area contributed by atoms with Crippen molar-refractivity contribution in [1.82, 2.24) is 0 Å². The zero-order valence-electron chi connectivity index (χ0n) is 5.30. The molecule has 2 fully saturated rings. The maximum atomic E-state index is 4.38. The summed E-state index contributed by atoms with van der Waals surface area (Å²) in [6.07, 6.45) is 1.48. The lowest BCUT2D eigenvalue weighted by atomic mass is 10.0. The van der Waals surface area contributed by atoms with Gasteiger partial charge in [-0.1, -0.05) is 6.92 Å². The van der Waals surface area contributed by atoms with E-state index in [-0.39, 0.29) is 0 Å². The van der Waals surface area contributed by atoms with Crippen LogP contribution >= 0.6 is 0 Å². The quantitative estimate of drug-likeness (QED) is 0.412. The summed E-state index contributed by atoms with van der Waals surface area (Å²) in [4.78, 5) is 0. The standard InChI is InChI=1S/C7H12O/c1-5-3-8-4-6-2-7(5)6/h5-7H,2-4H2,1H3/p+1. The number of hydrogen-bond acceptors (Lipinski definition) is 0. The maximum Gasteiger partial charge on any atom is 0.147 e. The second-order valence-corrected chi connectivity index (χ2v) is 3.23. The van der Waals surface area contributed by atoms with Gasteiger partial charge in [-0.3, -0.25) is 0 Å². The number of hydrogen-bond donors (Lipinski definition) is 0. The highest BCUT2D eigenvalue weighted by Crippen LogP contribution is 2.46. The molecular formula is C7H13O+. The molecule has 8 heavy (non-hydrogen) atoms. The molecule has 1 nitrogen and oxygen atoms in total. The zero-order chi connectivity index (χ0) is 5.56. The minimum absolute atomic E-state index is 0.911. The van der Waals surface area contributed by atoms with E-state index in [1.54, 1.807) is 0 Å². The molecule has 0 radical (unpaired) electrons. The topological polar surface area (TPSA) is 12.8 Å². The number of fused-ring (bicyclic) bond motifs is 1. The fraction of sp³-hybridized carbons (Fsp3) is 1.00. The Hall–Kier alpha value is -0.0400. The van der Waals surface area contributed by atoms with Gasteiger partial charge in [-0.05, 0) is 12.3 Å². The third kappa shape index (κ3) is 0.576. The summed E-state index contributed by atoms with van der Waals surface area (Å²) in [5.41, 5.74) is 0. The van der Waals surface area contributed by atoms with Crippen LogP contribution in [0.3, 0.4) is 0 Å². The summed E-state index contributed by atoms with van der Waals surface area (Å²) in [5.74, 6) is 3.00. The molecule has 0 aromatic heterocycles. The summed E-state index contributed by atoms with van der Waals surface area (Å²) < 4.78 is 4.38. The summed E-state index contributed by atoms with van der Waals surface area (Å²) in [5, 5.41) is 0. The lowest BCUT2D eigenvalue weighted by molar-refractivity contribution is -0.0907. The van der Waals surface area contributed by atoms with Crippen molar-refractivity contribution >= 4 is 0 Å². The van der Waals surface area contributed by atoms with Crippen molar-refractivity contribution in [1.29, 1.82) is 0 Å². The van der Waals surface area contributed by atoms with Crippen molar-refractivity contribution < 1.29 is 4.74 Å². The van der Waals surface area contributed by atoms with Crippen LogP contribution in [0.4, 0.5) is 0 Å². The van der Waals surface area contributed by atoms with Crippen molar-refractivity contribution in [3.63, 3.8) is 0 Å². The molecule has 3 atom stereocenters. The van der Waals surface area contributed by atoms with Crippen LogP contribution < -0.4 is 0 Å². The van der Waals surface area contributed by atoms with Gasteiger partial charge in [-0.2, -0.15) is 0 Å². The molecule has 0 bridgehead atoms. The average Bonchev–Trinajstić information content (AvgIpc) is 2.45. The van der Waals surface area contributed by atoms with Gasteiger partial charge in [0, 0.05) is 11.8 Å². The van der Waals surface area contributed by atoms with E-state index in [9.17, 15) is 0 Å². The Labute approximate surface area is 50.0 Å². The average molecular weight is 113 g/mol. The van der Waals surface area contributed by atoms with Gasteiger partial charge < -0.3 is 4.74 Å². The third-order valence-corrected chi connectivity index (χ3v) is 2.49. The normalized spacial score (nSPS) is 52.9. The molecule has 1 aliphatic carbocycles. The predicted molar refractivity (Wildman–Crippen MR) is 32.7 cm³/mol. The Morgan fingerprint density at radius 1 is 1.38 bits per heavy atom. The van der Waals surface area contributed by atoms with Gasteiger partial charge in [0.15, 0.2) is 0 Å². The molecule has 3 unspecified atom stereocenters. The molecule has 1 heterocycles. The van der Waals surface area contributed by atoms with E-state index in [2.05, 4.69) is 11.7 Å². The van der Waals surface area contributed by atoms with Crippen LogP contribution in [-0.2, 0) is 0 Å². The van der Waals surface area contributed by atoms with E-state index in [0.29, 0.717) is 0 Å². The monoisotopic (exact) mass is 113 g/mol. The first kappa shape index (κ1) is 4.80. The predicted octanol–water partition coefficient (Wildman–Crippen LogP) is 0.800. The van der Waals surface area contributed by atoms with Gasteiger partial charge >= 0.3 is 0 Å². The van der Waals surface area contributed by atoms with E-state index in [0.717, 1.165) is 24.4 Å². The molecule has 1 saturated carbocycles. The molecule has 0 amide bonds. The smallest absolute Gasteiger partial charge is 0.147 e. The van der Waals surface area contributed by atoms with Crippen LogP contribution in [0.5, 0.6) is 0 Å². The van der Waals surface area contributed by atoms with Crippen LogP contribution in [0, 0.1) is 17.8 Å². The van der Waals surface area contributed by atoms with Crippen LogP contribution in [-0.4, -0.2) is 18.0 Å². The molecular weight excluding hydrogens is 100 g/mol. The Balaban J connectivity index is 1.99. The molecule has 0 aromatic carbocycles.